The Morgan fingerprint density at radius 1 is 0.821 bits per heavy atom. The summed E-state index contributed by atoms with van der Waals surface area (Å²) in [5.41, 5.74) is 7.64. The van der Waals surface area contributed by atoms with Gasteiger partial charge in [0.25, 0.3) is 0 Å². The molecular formula is C27H49N. The van der Waals surface area contributed by atoms with Crippen molar-refractivity contribution in [2.45, 2.75) is 118 Å². The van der Waals surface area contributed by atoms with Gasteiger partial charge in [-0.3, -0.25) is 0 Å². The maximum Gasteiger partial charge on any atom is 0.00418 e. The molecule has 9 atom stereocenters. The van der Waals surface area contributed by atoms with Gasteiger partial charge in [0.05, 0.1) is 0 Å². The minimum atomic E-state index is 0.492. The normalized spacial score (nSPS) is 49.4. The molecule has 2 N–H and O–H groups in total. The Hall–Kier alpha value is -0.0400. The van der Waals surface area contributed by atoms with Crippen LogP contribution in [-0.2, 0) is 0 Å². The Labute approximate surface area is 176 Å². The molecule has 4 aliphatic carbocycles. The molecule has 0 heterocycles. The van der Waals surface area contributed by atoms with Crippen LogP contribution in [0.4, 0.5) is 0 Å². The largest absolute Gasteiger partial charge is 0.328 e. The van der Waals surface area contributed by atoms with E-state index in [1.165, 1.54) is 77.0 Å². The van der Waals surface area contributed by atoms with Crippen molar-refractivity contribution in [3.63, 3.8) is 0 Å². The fourth-order valence-corrected chi connectivity index (χ4v) is 9.32. The van der Waals surface area contributed by atoms with Gasteiger partial charge in [-0.25, -0.2) is 0 Å². The standard InChI is InChI=1S/C27H49N/c1-18(2)7-6-8-19(3)23-11-12-24-22-10-9-20-17-21(28)13-15-26(20,4)25(22)14-16-27(23,24)5/h18-25H,6-17,28H2,1-5H3/t19-,20?,21?,22?,23?,24?,25?,26?,27?/m1/s1. The molecule has 0 aromatic carbocycles. The summed E-state index contributed by atoms with van der Waals surface area (Å²) in [7, 11) is 0. The number of nitrogens with two attached hydrogens (primary N) is 1. The van der Waals surface area contributed by atoms with Gasteiger partial charge in [-0.1, -0.05) is 53.9 Å². The van der Waals surface area contributed by atoms with Crippen LogP contribution in [0.15, 0.2) is 0 Å². The maximum absolute atomic E-state index is 6.39. The van der Waals surface area contributed by atoms with E-state index in [2.05, 4.69) is 34.6 Å². The Morgan fingerprint density at radius 2 is 1.54 bits per heavy atom. The first-order valence-electron chi connectivity index (χ1n) is 13.0. The molecule has 0 aromatic rings. The van der Waals surface area contributed by atoms with Gasteiger partial charge in [-0.05, 0) is 110 Å². The number of fused-ring (bicyclic) bond motifs is 5. The lowest BCUT2D eigenvalue weighted by atomic mass is 9.44. The SMILES string of the molecule is CC(C)CCC[C@@H](C)C1CCC2C3CCC4CC(N)CCC4(C)C3CCC21C. The summed E-state index contributed by atoms with van der Waals surface area (Å²) >= 11 is 0. The average Bonchev–Trinajstić information content (AvgIpc) is 2.99. The summed E-state index contributed by atoms with van der Waals surface area (Å²) in [5, 5.41) is 0. The van der Waals surface area contributed by atoms with Crippen LogP contribution >= 0.6 is 0 Å². The van der Waals surface area contributed by atoms with Gasteiger partial charge < -0.3 is 5.73 Å². The highest BCUT2D eigenvalue weighted by atomic mass is 14.7. The topological polar surface area (TPSA) is 26.0 Å². The van der Waals surface area contributed by atoms with Gasteiger partial charge in [-0.15, -0.1) is 0 Å². The second-order valence-corrected chi connectivity index (χ2v) is 12.7. The monoisotopic (exact) mass is 387 g/mol. The smallest absolute Gasteiger partial charge is 0.00418 e. The lowest BCUT2D eigenvalue weighted by molar-refractivity contribution is -0.116. The lowest BCUT2D eigenvalue weighted by Gasteiger charge is -2.61. The summed E-state index contributed by atoms with van der Waals surface area (Å²) in [6.07, 6.45) is 17.5. The minimum absolute atomic E-state index is 0.492. The molecule has 0 spiro atoms. The zero-order valence-corrected chi connectivity index (χ0v) is 19.7. The van der Waals surface area contributed by atoms with E-state index in [0.29, 0.717) is 16.9 Å². The van der Waals surface area contributed by atoms with Crippen molar-refractivity contribution in [2.24, 2.45) is 58.0 Å². The summed E-state index contributed by atoms with van der Waals surface area (Å²) < 4.78 is 0. The Morgan fingerprint density at radius 3 is 2.29 bits per heavy atom. The van der Waals surface area contributed by atoms with Crippen molar-refractivity contribution in [1.29, 1.82) is 0 Å². The number of hydrogen-bond acceptors (Lipinski definition) is 1. The summed E-state index contributed by atoms with van der Waals surface area (Å²) in [6.45, 7) is 12.8. The van der Waals surface area contributed by atoms with Crippen molar-refractivity contribution in [2.75, 3.05) is 0 Å². The van der Waals surface area contributed by atoms with Crippen LogP contribution in [0.2, 0.25) is 0 Å². The van der Waals surface area contributed by atoms with E-state index in [9.17, 15) is 0 Å². The average molecular weight is 388 g/mol. The lowest BCUT2D eigenvalue weighted by Crippen LogP contribution is -2.54. The highest BCUT2D eigenvalue weighted by Gasteiger charge is 2.60. The van der Waals surface area contributed by atoms with Gasteiger partial charge in [0.2, 0.25) is 0 Å². The van der Waals surface area contributed by atoms with Gasteiger partial charge in [0.15, 0.2) is 0 Å². The molecular weight excluding hydrogens is 338 g/mol. The van der Waals surface area contributed by atoms with E-state index in [-0.39, 0.29) is 0 Å². The van der Waals surface area contributed by atoms with Crippen molar-refractivity contribution in [1.82, 2.24) is 0 Å². The predicted molar refractivity (Wildman–Crippen MR) is 121 cm³/mol. The molecule has 28 heavy (non-hydrogen) atoms. The molecule has 4 rings (SSSR count). The molecule has 0 saturated heterocycles. The molecule has 0 aromatic heterocycles. The van der Waals surface area contributed by atoms with E-state index in [1.807, 2.05) is 0 Å². The van der Waals surface area contributed by atoms with E-state index in [4.69, 9.17) is 5.73 Å². The third-order valence-corrected chi connectivity index (χ3v) is 10.9. The molecule has 162 valence electrons. The van der Waals surface area contributed by atoms with Crippen LogP contribution in [0, 0.1) is 52.3 Å². The molecule has 4 saturated carbocycles. The van der Waals surface area contributed by atoms with Gasteiger partial charge >= 0.3 is 0 Å². The first-order valence-corrected chi connectivity index (χ1v) is 13.0. The zero-order chi connectivity index (χ0) is 20.1. The molecule has 4 fully saturated rings. The molecule has 4 aliphatic rings. The zero-order valence-electron chi connectivity index (χ0n) is 19.7. The van der Waals surface area contributed by atoms with Crippen LogP contribution in [0.1, 0.15) is 112 Å². The Kier molecular flexibility index (Phi) is 5.98. The molecule has 0 radical (unpaired) electrons. The maximum atomic E-state index is 6.39. The predicted octanol–water partition coefficient (Wildman–Crippen LogP) is 7.44. The third-order valence-electron chi connectivity index (χ3n) is 10.9. The molecule has 8 unspecified atom stereocenters. The van der Waals surface area contributed by atoms with Crippen LogP contribution in [0.3, 0.4) is 0 Å². The van der Waals surface area contributed by atoms with Crippen molar-refractivity contribution in [3.05, 3.63) is 0 Å². The highest BCUT2D eigenvalue weighted by molar-refractivity contribution is 5.09. The molecule has 1 heteroatoms. The fraction of sp³-hybridized carbons (Fsp3) is 1.00. The Bertz CT molecular complexity index is 540. The van der Waals surface area contributed by atoms with Crippen molar-refractivity contribution >= 4 is 0 Å². The van der Waals surface area contributed by atoms with E-state index in [1.54, 1.807) is 0 Å². The summed E-state index contributed by atoms with van der Waals surface area (Å²) in [5.74, 6) is 6.79. The molecule has 0 aliphatic heterocycles. The Balaban J connectivity index is 1.46. The summed E-state index contributed by atoms with van der Waals surface area (Å²) in [6, 6.07) is 0.492. The second kappa shape index (κ2) is 7.90. The van der Waals surface area contributed by atoms with Gasteiger partial charge in [0, 0.05) is 6.04 Å². The van der Waals surface area contributed by atoms with Crippen LogP contribution in [-0.4, -0.2) is 6.04 Å². The number of rotatable bonds is 5. The van der Waals surface area contributed by atoms with Crippen molar-refractivity contribution in [3.8, 4) is 0 Å². The van der Waals surface area contributed by atoms with Gasteiger partial charge in [-0.2, -0.15) is 0 Å². The fourth-order valence-electron chi connectivity index (χ4n) is 9.32. The van der Waals surface area contributed by atoms with E-state index >= 15 is 0 Å². The van der Waals surface area contributed by atoms with Crippen LogP contribution in [0.5, 0.6) is 0 Å². The molecule has 0 amide bonds. The van der Waals surface area contributed by atoms with Crippen LogP contribution < -0.4 is 5.73 Å². The van der Waals surface area contributed by atoms with Gasteiger partial charge in [0.1, 0.15) is 0 Å². The van der Waals surface area contributed by atoms with E-state index < -0.39 is 0 Å². The summed E-state index contributed by atoms with van der Waals surface area (Å²) in [4.78, 5) is 0. The van der Waals surface area contributed by atoms with E-state index in [0.717, 1.165) is 41.4 Å². The van der Waals surface area contributed by atoms with Crippen LogP contribution in [0.25, 0.3) is 0 Å². The quantitative estimate of drug-likeness (QED) is 0.521. The molecule has 0 bridgehead atoms. The minimum Gasteiger partial charge on any atom is -0.328 e. The number of hydrogen-bond donors (Lipinski definition) is 1. The first-order chi connectivity index (χ1) is 13.3. The second-order valence-electron chi connectivity index (χ2n) is 12.7. The molecule has 1 nitrogen and oxygen atoms in total. The first kappa shape index (κ1) is 21.2. The van der Waals surface area contributed by atoms with Crippen molar-refractivity contribution < 1.29 is 0 Å². The third kappa shape index (κ3) is 3.50. The highest BCUT2D eigenvalue weighted by Crippen LogP contribution is 2.68.